The molecule has 0 saturated heterocycles. The van der Waals surface area contributed by atoms with E-state index in [1.807, 2.05) is 0 Å². The van der Waals surface area contributed by atoms with E-state index < -0.39 is 17.3 Å². The molecule has 0 heterocycles. The molecule has 0 amide bonds. The second-order valence-corrected chi connectivity index (χ2v) is 4.30. The summed E-state index contributed by atoms with van der Waals surface area (Å²) in [5.41, 5.74) is 0.100. The molecule has 0 bridgehead atoms. The highest BCUT2D eigenvalue weighted by Crippen LogP contribution is 2.32. The lowest BCUT2D eigenvalue weighted by molar-refractivity contribution is 0.104. The van der Waals surface area contributed by atoms with Crippen molar-refractivity contribution in [1.29, 1.82) is 0 Å². The van der Waals surface area contributed by atoms with E-state index in [4.69, 9.17) is 10.2 Å². The number of phenols is 5. The van der Waals surface area contributed by atoms with Crippen LogP contribution in [0, 0.1) is 0 Å². The molecule has 0 unspecified atom stereocenters. The number of rotatable bonds is 3. The molecule has 2 rings (SSSR count). The third-order valence-corrected chi connectivity index (χ3v) is 2.75. The smallest absolute Gasteiger partial charge is 0.193 e. The largest absolute Gasteiger partial charge is 0.508 e. The summed E-state index contributed by atoms with van der Waals surface area (Å²) in [4.78, 5) is 11.9. The van der Waals surface area contributed by atoms with Crippen molar-refractivity contribution in [2.45, 2.75) is 0 Å². The highest BCUT2D eigenvalue weighted by molar-refractivity contribution is 6.10. The van der Waals surface area contributed by atoms with Gasteiger partial charge in [0.25, 0.3) is 0 Å². The third kappa shape index (κ3) is 3.06. The van der Waals surface area contributed by atoms with Gasteiger partial charge in [0, 0.05) is 12.1 Å². The van der Waals surface area contributed by atoms with E-state index >= 15 is 0 Å². The molecule has 0 atom stereocenters. The number of hydrogen-bond acceptors (Lipinski definition) is 6. The second kappa shape index (κ2) is 5.46. The minimum absolute atomic E-state index is 0.285. The Hall–Kier alpha value is -3.15. The van der Waals surface area contributed by atoms with Gasteiger partial charge in [-0.05, 0) is 23.8 Å². The Bertz CT molecular complexity index is 710. The lowest BCUT2D eigenvalue weighted by Crippen LogP contribution is -1.95. The molecule has 21 heavy (non-hydrogen) atoms. The second-order valence-electron chi connectivity index (χ2n) is 4.30. The Balaban J connectivity index is 2.29. The molecular formula is C15H12O6. The van der Waals surface area contributed by atoms with E-state index in [0.29, 0.717) is 5.56 Å². The summed E-state index contributed by atoms with van der Waals surface area (Å²) in [5, 5.41) is 46.8. The van der Waals surface area contributed by atoms with Crippen LogP contribution in [0.5, 0.6) is 28.7 Å². The maximum Gasteiger partial charge on any atom is 0.193 e. The van der Waals surface area contributed by atoms with E-state index in [-0.39, 0.29) is 22.8 Å². The normalized spacial score (nSPS) is 10.9. The van der Waals surface area contributed by atoms with E-state index in [2.05, 4.69) is 0 Å². The van der Waals surface area contributed by atoms with Crippen molar-refractivity contribution in [1.82, 2.24) is 0 Å². The number of carbonyl (C=O) groups is 1. The van der Waals surface area contributed by atoms with Crippen molar-refractivity contribution >= 4 is 11.9 Å². The van der Waals surface area contributed by atoms with Crippen molar-refractivity contribution < 1.29 is 30.3 Å². The first-order valence-electron chi connectivity index (χ1n) is 5.88. The van der Waals surface area contributed by atoms with Crippen LogP contribution in [0.15, 0.2) is 36.4 Å². The number of ketones is 1. The fourth-order valence-electron chi connectivity index (χ4n) is 1.75. The Labute approximate surface area is 119 Å². The zero-order chi connectivity index (χ0) is 15.6. The third-order valence-electron chi connectivity index (χ3n) is 2.75. The molecule has 0 spiro atoms. The number of carbonyl (C=O) groups excluding carboxylic acids is 1. The highest BCUT2D eigenvalue weighted by Gasteiger charge is 2.15. The Kier molecular flexibility index (Phi) is 3.71. The summed E-state index contributed by atoms with van der Waals surface area (Å²) < 4.78 is 0. The Morgan fingerprint density at radius 3 is 2.00 bits per heavy atom. The van der Waals surface area contributed by atoms with Crippen LogP contribution in [0.2, 0.25) is 0 Å². The van der Waals surface area contributed by atoms with Crippen LogP contribution < -0.4 is 0 Å². The molecule has 2 aromatic rings. The highest BCUT2D eigenvalue weighted by atomic mass is 16.3. The van der Waals surface area contributed by atoms with Gasteiger partial charge in [0.2, 0.25) is 0 Å². The van der Waals surface area contributed by atoms with E-state index in [1.54, 1.807) is 0 Å². The molecule has 2 aromatic carbocycles. The van der Waals surface area contributed by atoms with Gasteiger partial charge in [0.05, 0.1) is 0 Å². The van der Waals surface area contributed by atoms with E-state index in [9.17, 15) is 20.1 Å². The van der Waals surface area contributed by atoms with E-state index in [1.165, 1.54) is 24.3 Å². The van der Waals surface area contributed by atoms with Crippen molar-refractivity contribution in [2.75, 3.05) is 0 Å². The number of hydrogen-bond donors (Lipinski definition) is 5. The SMILES string of the molecule is O=C(/C=C/c1ccc(O)c(O)c1)c1c(O)cc(O)cc1O. The molecule has 0 aliphatic carbocycles. The lowest BCUT2D eigenvalue weighted by Gasteiger charge is -2.04. The van der Waals surface area contributed by atoms with Gasteiger partial charge in [-0.15, -0.1) is 0 Å². The summed E-state index contributed by atoms with van der Waals surface area (Å²) in [6, 6.07) is 5.85. The predicted molar refractivity (Wildman–Crippen MR) is 74.6 cm³/mol. The summed E-state index contributed by atoms with van der Waals surface area (Å²) in [5.74, 6) is -2.76. The van der Waals surface area contributed by atoms with Crippen LogP contribution in [0.1, 0.15) is 15.9 Å². The van der Waals surface area contributed by atoms with Crippen molar-refractivity contribution in [3.63, 3.8) is 0 Å². The van der Waals surface area contributed by atoms with Crippen LogP contribution in [-0.2, 0) is 0 Å². The average Bonchev–Trinajstić information content (AvgIpc) is 2.39. The van der Waals surface area contributed by atoms with Gasteiger partial charge in [0.15, 0.2) is 17.3 Å². The minimum Gasteiger partial charge on any atom is -0.508 e. The molecule has 0 aliphatic heterocycles. The lowest BCUT2D eigenvalue weighted by atomic mass is 10.1. The maximum absolute atomic E-state index is 11.9. The number of aromatic hydroxyl groups is 5. The topological polar surface area (TPSA) is 118 Å². The molecule has 0 radical (unpaired) electrons. The first-order chi connectivity index (χ1) is 9.88. The van der Waals surface area contributed by atoms with Crippen LogP contribution in [0.25, 0.3) is 6.08 Å². The van der Waals surface area contributed by atoms with Gasteiger partial charge in [0.1, 0.15) is 22.8 Å². The van der Waals surface area contributed by atoms with E-state index in [0.717, 1.165) is 18.2 Å². The molecule has 0 aliphatic rings. The quantitative estimate of drug-likeness (QED) is 0.335. The van der Waals surface area contributed by atoms with Crippen molar-refractivity contribution in [2.24, 2.45) is 0 Å². The average molecular weight is 288 g/mol. The molecule has 108 valence electrons. The standard InChI is InChI=1S/C15H12O6/c16-9-6-13(20)15(14(21)7-9)11(18)4-2-8-1-3-10(17)12(19)5-8/h1-7,16-17,19-21H/b4-2+. The van der Waals surface area contributed by atoms with Gasteiger partial charge in [-0.2, -0.15) is 0 Å². The number of phenolic OH excluding ortho intramolecular Hbond substituents is 5. The molecule has 0 fully saturated rings. The van der Waals surface area contributed by atoms with Crippen LogP contribution >= 0.6 is 0 Å². The molecule has 0 saturated carbocycles. The first kappa shape index (κ1) is 14.3. The molecule has 6 nitrogen and oxygen atoms in total. The summed E-state index contributed by atoms with van der Waals surface area (Å²) in [6.45, 7) is 0. The van der Waals surface area contributed by atoms with Gasteiger partial charge >= 0.3 is 0 Å². The Morgan fingerprint density at radius 2 is 1.43 bits per heavy atom. The summed E-state index contributed by atoms with van der Waals surface area (Å²) in [7, 11) is 0. The van der Waals surface area contributed by atoms with Crippen LogP contribution in [-0.4, -0.2) is 31.3 Å². The fourth-order valence-corrected chi connectivity index (χ4v) is 1.75. The first-order valence-corrected chi connectivity index (χ1v) is 5.88. The van der Waals surface area contributed by atoms with Gasteiger partial charge in [-0.25, -0.2) is 0 Å². The van der Waals surface area contributed by atoms with Crippen molar-refractivity contribution in [3.05, 3.63) is 47.5 Å². The van der Waals surface area contributed by atoms with Gasteiger partial charge < -0.3 is 25.5 Å². The molecule has 5 N–H and O–H groups in total. The number of benzene rings is 2. The molecular weight excluding hydrogens is 276 g/mol. The number of allylic oxidation sites excluding steroid dienone is 1. The summed E-state index contributed by atoms with van der Waals surface area (Å²) in [6.07, 6.45) is 2.42. The molecule has 6 heteroatoms. The zero-order valence-electron chi connectivity index (χ0n) is 10.7. The minimum atomic E-state index is -0.683. The summed E-state index contributed by atoms with van der Waals surface area (Å²) >= 11 is 0. The fraction of sp³-hybridized carbons (Fsp3) is 0. The monoisotopic (exact) mass is 288 g/mol. The van der Waals surface area contributed by atoms with Gasteiger partial charge in [-0.3, -0.25) is 4.79 Å². The predicted octanol–water partition coefficient (Wildman–Crippen LogP) is 2.11. The van der Waals surface area contributed by atoms with Gasteiger partial charge in [-0.1, -0.05) is 12.1 Å². The van der Waals surface area contributed by atoms with Crippen molar-refractivity contribution in [3.8, 4) is 28.7 Å². The maximum atomic E-state index is 11.9. The molecule has 0 aromatic heterocycles. The Morgan fingerprint density at radius 1 is 0.810 bits per heavy atom. The van der Waals surface area contributed by atoms with Crippen LogP contribution in [0.4, 0.5) is 0 Å². The van der Waals surface area contributed by atoms with Crippen LogP contribution in [0.3, 0.4) is 0 Å². The zero-order valence-corrected chi connectivity index (χ0v) is 10.7.